The Labute approximate surface area is 154 Å². The SMILES string of the molecule is Nc1c2c(cc(=O)n1-c1c(Br)cc(C(F)(F)F)cc1[N+](=O)[O-])C(=O)NC2=O. The highest BCUT2D eigenvalue weighted by Gasteiger charge is 2.37. The number of nitrogen functional groups attached to an aromatic ring is 1. The number of nitrogens with two attached hydrogens (primary N) is 1. The number of fused-ring (bicyclic) bond motifs is 1. The van der Waals surface area contributed by atoms with Crippen LogP contribution in [0.3, 0.4) is 0 Å². The van der Waals surface area contributed by atoms with E-state index in [4.69, 9.17) is 5.73 Å². The minimum absolute atomic E-state index is 0.240. The highest BCUT2D eigenvalue weighted by molar-refractivity contribution is 9.10. The molecule has 0 spiro atoms. The molecule has 1 aromatic carbocycles. The Morgan fingerprint density at radius 1 is 1.15 bits per heavy atom. The fourth-order valence-electron chi connectivity index (χ4n) is 2.62. The molecule has 0 aliphatic carbocycles. The molecule has 0 radical (unpaired) electrons. The average molecular weight is 447 g/mol. The van der Waals surface area contributed by atoms with Gasteiger partial charge >= 0.3 is 6.18 Å². The fraction of sp³-hybridized carbons (Fsp3) is 0.0714. The number of benzene rings is 1. The van der Waals surface area contributed by atoms with E-state index in [9.17, 15) is 37.7 Å². The molecule has 1 aromatic heterocycles. The molecule has 140 valence electrons. The van der Waals surface area contributed by atoms with Crippen molar-refractivity contribution in [3.05, 3.63) is 59.8 Å². The largest absolute Gasteiger partial charge is 0.416 e. The number of nitro benzene ring substituents is 1. The number of imide groups is 1. The Kier molecular flexibility index (Phi) is 4.06. The first-order valence-electron chi connectivity index (χ1n) is 6.90. The van der Waals surface area contributed by atoms with E-state index in [0.29, 0.717) is 10.6 Å². The summed E-state index contributed by atoms with van der Waals surface area (Å²) in [5.41, 5.74) is 0.985. The molecule has 0 unspecified atom stereocenters. The molecular formula is C14H6BrF3N4O5. The van der Waals surface area contributed by atoms with Crippen LogP contribution in [0, 0.1) is 10.1 Å². The van der Waals surface area contributed by atoms with Gasteiger partial charge in [0.05, 0.1) is 21.6 Å². The Morgan fingerprint density at radius 2 is 1.78 bits per heavy atom. The normalized spacial score (nSPS) is 13.5. The molecule has 3 N–H and O–H groups in total. The number of rotatable bonds is 2. The van der Waals surface area contributed by atoms with Gasteiger partial charge in [-0.2, -0.15) is 13.2 Å². The van der Waals surface area contributed by atoms with Crippen LogP contribution >= 0.6 is 15.9 Å². The standard InChI is InChI=1S/C14H6BrF3N4O5/c15-6-1-4(14(16,17)18)2-7(22(26)27)10(6)21-8(23)3-5-9(11(21)19)13(25)20-12(5)24/h1-3H,19H2,(H,20,24,25). The Balaban J connectivity index is 2.41. The van der Waals surface area contributed by atoms with E-state index in [1.807, 2.05) is 5.32 Å². The van der Waals surface area contributed by atoms with Gasteiger partial charge in [-0.15, -0.1) is 0 Å². The summed E-state index contributed by atoms with van der Waals surface area (Å²) in [4.78, 5) is 46.1. The van der Waals surface area contributed by atoms with Crippen LogP contribution in [0.15, 0.2) is 27.5 Å². The number of aromatic nitrogens is 1. The van der Waals surface area contributed by atoms with Gasteiger partial charge in [-0.3, -0.25) is 34.4 Å². The second-order valence-corrected chi connectivity index (χ2v) is 6.21. The maximum absolute atomic E-state index is 13.0. The molecule has 0 atom stereocenters. The van der Waals surface area contributed by atoms with Gasteiger partial charge in [-0.05, 0) is 22.0 Å². The highest BCUT2D eigenvalue weighted by atomic mass is 79.9. The van der Waals surface area contributed by atoms with Crippen LogP contribution in [-0.4, -0.2) is 21.3 Å². The van der Waals surface area contributed by atoms with E-state index in [0.717, 1.165) is 6.07 Å². The molecule has 27 heavy (non-hydrogen) atoms. The third-order valence-corrected chi connectivity index (χ3v) is 4.35. The maximum Gasteiger partial charge on any atom is 0.416 e. The van der Waals surface area contributed by atoms with Crippen molar-refractivity contribution in [3.8, 4) is 5.69 Å². The quantitative estimate of drug-likeness (QED) is 0.411. The number of nitro groups is 1. The molecule has 0 bridgehead atoms. The van der Waals surface area contributed by atoms with Crippen molar-refractivity contribution in [2.24, 2.45) is 0 Å². The molecule has 2 aromatic rings. The molecule has 3 rings (SSSR count). The van der Waals surface area contributed by atoms with E-state index < -0.39 is 61.3 Å². The minimum atomic E-state index is -4.88. The van der Waals surface area contributed by atoms with E-state index in [1.165, 1.54) is 0 Å². The molecule has 2 heterocycles. The number of amides is 2. The topological polar surface area (TPSA) is 137 Å². The lowest BCUT2D eigenvalue weighted by atomic mass is 10.1. The number of anilines is 1. The first kappa shape index (κ1) is 18.6. The van der Waals surface area contributed by atoms with Crippen molar-refractivity contribution in [1.82, 2.24) is 9.88 Å². The molecule has 2 amide bonds. The summed E-state index contributed by atoms with van der Waals surface area (Å²) >= 11 is 2.78. The molecule has 0 saturated heterocycles. The lowest BCUT2D eigenvalue weighted by molar-refractivity contribution is -0.384. The van der Waals surface area contributed by atoms with Gasteiger partial charge in [0.25, 0.3) is 23.1 Å². The smallest absolute Gasteiger partial charge is 0.384 e. The van der Waals surface area contributed by atoms with Crippen molar-refractivity contribution in [1.29, 1.82) is 0 Å². The zero-order valence-corrected chi connectivity index (χ0v) is 14.3. The van der Waals surface area contributed by atoms with Crippen LogP contribution in [0.2, 0.25) is 0 Å². The fourth-order valence-corrected chi connectivity index (χ4v) is 3.25. The van der Waals surface area contributed by atoms with Crippen LogP contribution < -0.4 is 16.6 Å². The van der Waals surface area contributed by atoms with Gasteiger partial charge < -0.3 is 5.73 Å². The summed E-state index contributed by atoms with van der Waals surface area (Å²) in [6, 6.07) is 1.50. The number of pyridine rings is 1. The number of hydrogen-bond acceptors (Lipinski definition) is 6. The molecule has 0 saturated carbocycles. The predicted octanol–water partition coefficient (Wildman–Crippen LogP) is 1.99. The summed E-state index contributed by atoms with van der Waals surface area (Å²) in [6.07, 6.45) is -4.88. The number of nitrogens with one attached hydrogen (secondary N) is 1. The first-order valence-corrected chi connectivity index (χ1v) is 7.69. The Bertz CT molecular complexity index is 1110. The van der Waals surface area contributed by atoms with Crippen molar-refractivity contribution in [2.45, 2.75) is 6.18 Å². The zero-order valence-electron chi connectivity index (χ0n) is 12.8. The number of carbonyl (C=O) groups excluding carboxylic acids is 2. The van der Waals surface area contributed by atoms with E-state index in [-0.39, 0.29) is 11.6 Å². The third-order valence-electron chi connectivity index (χ3n) is 3.74. The van der Waals surface area contributed by atoms with Gasteiger partial charge in [0, 0.05) is 16.6 Å². The number of hydrogen-bond donors (Lipinski definition) is 2. The molecule has 1 aliphatic rings. The number of alkyl halides is 3. The molecular weight excluding hydrogens is 441 g/mol. The highest BCUT2D eigenvalue weighted by Crippen LogP contribution is 2.39. The lowest BCUT2D eigenvalue weighted by Gasteiger charge is -2.15. The van der Waals surface area contributed by atoms with Crippen molar-refractivity contribution < 1.29 is 27.7 Å². The third kappa shape index (κ3) is 2.85. The molecule has 0 fully saturated rings. The van der Waals surface area contributed by atoms with E-state index in [2.05, 4.69) is 15.9 Å². The predicted molar refractivity (Wildman–Crippen MR) is 87.6 cm³/mol. The summed E-state index contributed by atoms with van der Waals surface area (Å²) in [5, 5.41) is 13.2. The number of halogens is 4. The van der Waals surface area contributed by atoms with Gasteiger partial charge in [-0.25, -0.2) is 0 Å². The van der Waals surface area contributed by atoms with E-state index in [1.54, 1.807) is 0 Å². The van der Waals surface area contributed by atoms with Gasteiger partial charge in [0.1, 0.15) is 11.5 Å². The Morgan fingerprint density at radius 3 is 2.33 bits per heavy atom. The van der Waals surface area contributed by atoms with Gasteiger partial charge in [0.15, 0.2) is 0 Å². The lowest BCUT2D eigenvalue weighted by Crippen LogP contribution is -2.25. The van der Waals surface area contributed by atoms with Crippen molar-refractivity contribution in [3.63, 3.8) is 0 Å². The first-order chi connectivity index (χ1) is 12.4. The average Bonchev–Trinajstić information content (AvgIpc) is 2.81. The van der Waals surface area contributed by atoms with Crippen molar-refractivity contribution in [2.75, 3.05) is 5.73 Å². The molecule has 13 heteroatoms. The maximum atomic E-state index is 13.0. The summed E-state index contributed by atoms with van der Waals surface area (Å²) in [5.74, 6) is -2.44. The van der Waals surface area contributed by atoms with E-state index >= 15 is 0 Å². The number of nitrogens with zero attached hydrogens (tertiary/aromatic N) is 2. The summed E-state index contributed by atoms with van der Waals surface area (Å²) in [7, 11) is 0. The van der Waals surface area contributed by atoms with Gasteiger partial charge in [0.2, 0.25) is 0 Å². The molecule has 9 nitrogen and oxygen atoms in total. The van der Waals surface area contributed by atoms with Crippen LogP contribution in [0.5, 0.6) is 0 Å². The van der Waals surface area contributed by atoms with Crippen LogP contribution in [0.4, 0.5) is 24.7 Å². The second-order valence-electron chi connectivity index (χ2n) is 5.36. The second kappa shape index (κ2) is 5.90. The minimum Gasteiger partial charge on any atom is -0.384 e. The van der Waals surface area contributed by atoms with Crippen LogP contribution in [0.25, 0.3) is 5.69 Å². The Hall–Kier alpha value is -3.22. The van der Waals surface area contributed by atoms with Crippen LogP contribution in [0.1, 0.15) is 26.3 Å². The molecule has 1 aliphatic heterocycles. The summed E-state index contributed by atoms with van der Waals surface area (Å²) in [6.45, 7) is 0. The number of carbonyl (C=O) groups is 2. The van der Waals surface area contributed by atoms with Crippen LogP contribution in [-0.2, 0) is 6.18 Å². The summed E-state index contributed by atoms with van der Waals surface area (Å²) < 4.78 is 38.9. The van der Waals surface area contributed by atoms with Gasteiger partial charge in [-0.1, -0.05) is 0 Å². The zero-order chi connectivity index (χ0) is 20.3. The van der Waals surface area contributed by atoms with Crippen molar-refractivity contribution >= 4 is 39.2 Å². The monoisotopic (exact) mass is 446 g/mol.